The number of carboxylic acid groups (broad SMARTS) is 1. The zero-order chi connectivity index (χ0) is 20.9. The molecule has 0 unspecified atom stereocenters. The van der Waals surface area contributed by atoms with Gasteiger partial charge in [-0.3, -0.25) is 9.59 Å². The lowest BCUT2D eigenvalue weighted by atomic mass is 9.85. The highest BCUT2D eigenvalue weighted by atomic mass is 79.9. The van der Waals surface area contributed by atoms with Gasteiger partial charge in [-0.15, -0.1) is 0 Å². The topological polar surface area (TPSA) is 106 Å². The second kappa shape index (κ2) is 7.29. The van der Waals surface area contributed by atoms with E-state index in [1.165, 1.54) is 20.2 Å². The predicted octanol–water partition coefficient (Wildman–Crippen LogP) is 2.45. The van der Waals surface area contributed by atoms with E-state index in [2.05, 4.69) is 21.0 Å². The van der Waals surface area contributed by atoms with Crippen molar-refractivity contribution in [3.8, 4) is 11.5 Å². The average Bonchev–Trinajstić information content (AvgIpc) is 3.36. The Balaban J connectivity index is 1.57. The summed E-state index contributed by atoms with van der Waals surface area (Å²) in [6.07, 6.45) is 5.27. The minimum Gasteiger partial charge on any atom is -0.493 e. The molecule has 1 heterocycles. The van der Waals surface area contributed by atoms with Crippen LogP contribution in [0.2, 0.25) is 0 Å². The Labute approximate surface area is 175 Å². The van der Waals surface area contributed by atoms with Gasteiger partial charge < -0.3 is 14.6 Å². The van der Waals surface area contributed by atoms with Crippen molar-refractivity contribution in [2.45, 2.75) is 19.4 Å². The Hall–Kier alpha value is -2.68. The van der Waals surface area contributed by atoms with Crippen LogP contribution in [0.15, 0.2) is 33.9 Å². The first-order valence-electron chi connectivity index (χ1n) is 9.19. The van der Waals surface area contributed by atoms with Gasteiger partial charge in [0.05, 0.1) is 25.2 Å². The smallest absolute Gasteiger partial charge is 0.344 e. The molecule has 9 heteroatoms. The van der Waals surface area contributed by atoms with Crippen LogP contribution in [-0.4, -0.2) is 47.3 Å². The van der Waals surface area contributed by atoms with Crippen molar-refractivity contribution in [2.24, 2.45) is 28.8 Å². The van der Waals surface area contributed by atoms with E-state index >= 15 is 0 Å². The van der Waals surface area contributed by atoms with Gasteiger partial charge in [0.2, 0.25) is 0 Å². The van der Waals surface area contributed by atoms with Gasteiger partial charge in [0.1, 0.15) is 0 Å². The van der Waals surface area contributed by atoms with Crippen LogP contribution >= 0.6 is 15.9 Å². The van der Waals surface area contributed by atoms with Crippen molar-refractivity contribution in [3.63, 3.8) is 0 Å². The molecule has 5 atom stereocenters. The molecule has 152 valence electrons. The minimum absolute atomic E-state index is 0.126. The number of hydrazone groups is 1. The Kier molecular flexibility index (Phi) is 4.94. The number of allylic oxidation sites excluding steroid dienone is 2. The number of rotatable bonds is 6. The summed E-state index contributed by atoms with van der Waals surface area (Å²) >= 11 is 3.38. The zero-order valence-electron chi connectivity index (χ0n) is 15.7. The lowest BCUT2D eigenvalue weighted by molar-refractivity contribution is -0.144. The van der Waals surface area contributed by atoms with Crippen LogP contribution in [0.25, 0.3) is 0 Å². The lowest BCUT2D eigenvalue weighted by Gasteiger charge is -2.15. The third kappa shape index (κ3) is 3.23. The van der Waals surface area contributed by atoms with Crippen molar-refractivity contribution >= 4 is 39.9 Å². The Morgan fingerprint density at radius 2 is 1.86 bits per heavy atom. The quantitative estimate of drug-likeness (QED) is 0.395. The molecule has 1 saturated carbocycles. The van der Waals surface area contributed by atoms with Crippen molar-refractivity contribution in [1.29, 1.82) is 0 Å². The van der Waals surface area contributed by atoms with Gasteiger partial charge in [0.25, 0.3) is 11.8 Å². The van der Waals surface area contributed by atoms with E-state index in [0.717, 1.165) is 11.4 Å². The van der Waals surface area contributed by atoms with Crippen LogP contribution in [0.3, 0.4) is 0 Å². The molecule has 3 aliphatic rings. The van der Waals surface area contributed by atoms with E-state index in [1.807, 2.05) is 12.2 Å². The number of nitrogens with zero attached hydrogens (tertiary/aromatic N) is 2. The monoisotopic (exact) mass is 462 g/mol. The van der Waals surface area contributed by atoms with Gasteiger partial charge in [0, 0.05) is 10.0 Å². The largest absolute Gasteiger partial charge is 0.493 e. The predicted molar refractivity (Wildman–Crippen MR) is 106 cm³/mol. The van der Waals surface area contributed by atoms with Gasteiger partial charge in [-0.2, -0.15) is 10.1 Å². The van der Waals surface area contributed by atoms with Crippen LogP contribution in [0.5, 0.6) is 11.5 Å². The van der Waals surface area contributed by atoms with Crippen LogP contribution in [0, 0.1) is 23.7 Å². The summed E-state index contributed by atoms with van der Waals surface area (Å²) in [5, 5.41) is 14.1. The highest BCUT2D eigenvalue weighted by Gasteiger charge is 2.59. The number of imide groups is 1. The number of carbonyl (C=O) groups is 3. The fourth-order valence-electron chi connectivity index (χ4n) is 4.26. The first kappa shape index (κ1) is 19.6. The molecule has 4 rings (SSSR count). The summed E-state index contributed by atoms with van der Waals surface area (Å²) < 4.78 is 11.2. The molecule has 0 radical (unpaired) electrons. The second-order valence-corrected chi connectivity index (χ2v) is 8.21. The first-order chi connectivity index (χ1) is 13.8. The molecule has 2 fully saturated rings. The minimum atomic E-state index is -1.10. The molecule has 1 aromatic carbocycles. The van der Waals surface area contributed by atoms with E-state index < -0.39 is 12.1 Å². The standard InChI is InChI=1S/C20H19BrN2O6/c1-9(20(26)27)29-15-7-13(21)12(6-14(15)28-2)8-22-23-18(24)16-10-3-4-11(5-10)17(16)19(23)25/h3-4,6-11,16-17H,5H2,1-2H3,(H,26,27)/t9-,10-,11-,16-,17+/m0/s1. The van der Waals surface area contributed by atoms with E-state index in [1.54, 1.807) is 12.1 Å². The van der Waals surface area contributed by atoms with E-state index in [-0.39, 0.29) is 41.2 Å². The number of carbonyl (C=O) groups excluding carboxylic acids is 2. The normalized spacial score (nSPS) is 28.3. The lowest BCUT2D eigenvalue weighted by Crippen LogP contribution is -2.28. The molecule has 0 spiro atoms. The Morgan fingerprint density at radius 1 is 1.24 bits per heavy atom. The number of hydrogen-bond acceptors (Lipinski definition) is 6. The molecular weight excluding hydrogens is 444 g/mol. The molecule has 1 aromatic rings. The van der Waals surface area contributed by atoms with Gasteiger partial charge in [-0.1, -0.05) is 12.2 Å². The summed E-state index contributed by atoms with van der Waals surface area (Å²) in [6.45, 7) is 1.41. The van der Waals surface area contributed by atoms with Crippen molar-refractivity contribution in [1.82, 2.24) is 5.01 Å². The molecule has 2 amide bonds. The van der Waals surface area contributed by atoms with Crippen LogP contribution in [-0.2, 0) is 14.4 Å². The molecule has 1 saturated heterocycles. The van der Waals surface area contributed by atoms with Gasteiger partial charge in [0.15, 0.2) is 17.6 Å². The number of aliphatic carboxylic acids is 1. The van der Waals surface area contributed by atoms with Crippen LogP contribution in [0.1, 0.15) is 18.9 Å². The van der Waals surface area contributed by atoms with Crippen molar-refractivity contribution in [2.75, 3.05) is 7.11 Å². The molecule has 29 heavy (non-hydrogen) atoms. The first-order valence-corrected chi connectivity index (χ1v) is 9.98. The van der Waals surface area contributed by atoms with Gasteiger partial charge in [-0.25, -0.2) is 4.79 Å². The number of amides is 2. The number of halogens is 1. The zero-order valence-corrected chi connectivity index (χ0v) is 17.3. The summed E-state index contributed by atoms with van der Waals surface area (Å²) in [4.78, 5) is 36.4. The Morgan fingerprint density at radius 3 is 2.41 bits per heavy atom. The number of methoxy groups -OCH3 is 1. The maximum atomic E-state index is 12.7. The maximum absolute atomic E-state index is 12.7. The fraction of sp³-hybridized carbons (Fsp3) is 0.400. The fourth-order valence-corrected chi connectivity index (χ4v) is 4.69. The summed E-state index contributed by atoms with van der Waals surface area (Å²) in [6, 6.07) is 3.15. The molecule has 1 N–H and O–H groups in total. The second-order valence-electron chi connectivity index (χ2n) is 7.36. The maximum Gasteiger partial charge on any atom is 0.344 e. The average molecular weight is 463 g/mol. The molecule has 1 aliphatic heterocycles. The van der Waals surface area contributed by atoms with E-state index in [0.29, 0.717) is 15.8 Å². The number of hydrogen-bond donors (Lipinski definition) is 1. The summed E-state index contributed by atoms with van der Waals surface area (Å²) in [7, 11) is 1.43. The highest BCUT2D eigenvalue weighted by Crippen LogP contribution is 2.52. The number of benzene rings is 1. The molecule has 2 bridgehead atoms. The number of fused-ring (bicyclic) bond motifs is 5. The van der Waals surface area contributed by atoms with Crippen LogP contribution in [0.4, 0.5) is 0 Å². The molecule has 2 aliphatic carbocycles. The van der Waals surface area contributed by atoms with Crippen LogP contribution < -0.4 is 9.47 Å². The number of ether oxygens (including phenoxy) is 2. The van der Waals surface area contributed by atoms with Crippen molar-refractivity contribution in [3.05, 3.63) is 34.3 Å². The number of carboxylic acids is 1. The van der Waals surface area contributed by atoms with E-state index in [9.17, 15) is 14.4 Å². The molecular formula is C20H19BrN2O6. The summed E-state index contributed by atoms with van der Waals surface area (Å²) in [5.41, 5.74) is 0.552. The summed E-state index contributed by atoms with van der Waals surface area (Å²) in [5.74, 6) is -1.42. The third-order valence-corrected chi connectivity index (χ3v) is 6.38. The highest BCUT2D eigenvalue weighted by molar-refractivity contribution is 9.10. The van der Waals surface area contributed by atoms with Crippen molar-refractivity contribution < 1.29 is 29.0 Å². The molecule has 8 nitrogen and oxygen atoms in total. The third-order valence-electron chi connectivity index (χ3n) is 5.69. The Bertz CT molecular complexity index is 929. The molecule has 0 aromatic heterocycles. The van der Waals surface area contributed by atoms with Gasteiger partial charge >= 0.3 is 5.97 Å². The van der Waals surface area contributed by atoms with E-state index in [4.69, 9.17) is 14.6 Å². The SMILES string of the molecule is COc1cc(C=NN2C(=O)[C@@H]3[C@H](C2=O)[C@H]2C=C[C@H]3C2)c(Br)cc1O[C@@H](C)C(=O)O. The van der Waals surface area contributed by atoms with Gasteiger partial charge in [-0.05, 0) is 53.2 Å².